The third-order valence-corrected chi connectivity index (χ3v) is 3.57. The van der Waals surface area contributed by atoms with Crippen molar-refractivity contribution in [1.82, 2.24) is 16.0 Å². The highest BCUT2D eigenvalue weighted by Crippen LogP contribution is 2.20. The van der Waals surface area contributed by atoms with Crippen LogP contribution in [0, 0.1) is 11.6 Å². The zero-order valence-corrected chi connectivity index (χ0v) is 13.7. The number of amides is 3. The Morgan fingerprint density at radius 2 is 1.72 bits per heavy atom. The van der Waals surface area contributed by atoms with Crippen LogP contribution in [0.5, 0.6) is 0 Å². The molecule has 0 bridgehead atoms. The van der Waals surface area contributed by atoms with E-state index in [2.05, 4.69) is 16.0 Å². The van der Waals surface area contributed by atoms with Gasteiger partial charge >= 0.3 is 6.03 Å². The van der Waals surface area contributed by atoms with Crippen molar-refractivity contribution in [3.05, 3.63) is 71.3 Å². The first-order valence-corrected chi connectivity index (χ1v) is 7.73. The quantitative estimate of drug-likeness (QED) is 0.750. The van der Waals surface area contributed by atoms with Gasteiger partial charge in [0.25, 0.3) is 0 Å². The molecule has 0 fully saturated rings. The summed E-state index contributed by atoms with van der Waals surface area (Å²) < 4.78 is 26.9. The van der Waals surface area contributed by atoms with Gasteiger partial charge in [-0.1, -0.05) is 24.3 Å². The lowest BCUT2D eigenvalue weighted by molar-refractivity contribution is -0.119. The second-order valence-corrected chi connectivity index (χ2v) is 5.44. The minimum atomic E-state index is -0.581. The van der Waals surface area contributed by atoms with Crippen molar-refractivity contribution in [1.29, 1.82) is 0 Å². The Kier molecular flexibility index (Phi) is 6.45. The van der Waals surface area contributed by atoms with Crippen LogP contribution < -0.4 is 16.0 Å². The molecule has 7 heteroatoms. The molecule has 0 spiro atoms. The van der Waals surface area contributed by atoms with E-state index in [1.807, 2.05) is 0 Å². The highest BCUT2D eigenvalue weighted by molar-refractivity contribution is 5.83. The lowest BCUT2D eigenvalue weighted by Crippen LogP contribution is -2.43. The number of likely N-dealkylation sites (N-methyl/N-ethyl adjacent to an activating group) is 1. The first-order valence-electron chi connectivity index (χ1n) is 7.73. The normalized spacial score (nSPS) is 11.5. The summed E-state index contributed by atoms with van der Waals surface area (Å²) in [6.45, 7) is -0.182. The molecule has 5 nitrogen and oxygen atoms in total. The summed E-state index contributed by atoms with van der Waals surface area (Å²) >= 11 is 0. The fourth-order valence-corrected chi connectivity index (χ4v) is 2.33. The molecule has 3 N–H and O–H groups in total. The molecule has 3 amide bonds. The van der Waals surface area contributed by atoms with Gasteiger partial charge in [-0.25, -0.2) is 13.6 Å². The van der Waals surface area contributed by atoms with Crippen LogP contribution in [0.2, 0.25) is 0 Å². The summed E-state index contributed by atoms with van der Waals surface area (Å²) in [4.78, 5) is 23.2. The third-order valence-electron chi connectivity index (χ3n) is 3.57. The Morgan fingerprint density at radius 3 is 2.36 bits per heavy atom. The molecule has 0 aliphatic rings. The molecule has 0 heterocycles. The lowest BCUT2D eigenvalue weighted by atomic mass is 9.99. The van der Waals surface area contributed by atoms with Crippen molar-refractivity contribution in [2.45, 2.75) is 12.5 Å². The van der Waals surface area contributed by atoms with Crippen molar-refractivity contribution < 1.29 is 18.4 Å². The summed E-state index contributed by atoms with van der Waals surface area (Å²) in [6, 6.07) is 10.6. The molecular formula is C18H19F2N3O2. The summed E-state index contributed by atoms with van der Waals surface area (Å²) in [5.74, 6) is -1.17. The van der Waals surface area contributed by atoms with Crippen molar-refractivity contribution in [2.24, 2.45) is 0 Å². The molecule has 1 atom stereocenters. The number of benzene rings is 2. The Balaban J connectivity index is 2.14. The summed E-state index contributed by atoms with van der Waals surface area (Å²) in [5, 5.41) is 7.49. The van der Waals surface area contributed by atoms with Crippen LogP contribution in [-0.4, -0.2) is 25.5 Å². The lowest BCUT2D eigenvalue weighted by Gasteiger charge is -2.20. The van der Waals surface area contributed by atoms with Gasteiger partial charge in [0.05, 0.1) is 12.6 Å². The zero-order chi connectivity index (χ0) is 18.2. The van der Waals surface area contributed by atoms with E-state index in [1.54, 1.807) is 18.2 Å². The summed E-state index contributed by atoms with van der Waals surface area (Å²) in [6.07, 6.45) is 0.272. The average Bonchev–Trinajstić information content (AvgIpc) is 2.59. The van der Waals surface area contributed by atoms with Gasteiger partial charge in [-0.2, -0.15) is 0 Å². The molecule has 25 heavy (non-hydrogen) atoms. The molecule has 0 aromatic heterocycles. The van der Waals surface area contributed by atoms with Crippen LogP contribution in [0.15, 0.2) is 48.5 Å². The van der Waals surface area contributed by atoms with Gasteiger partial charge in [-0.3, -0.25) is 4.79 Å². The highest BCUT2D eigenvalue weighted by atomic mass is 19.1. The molecular weight excluding hydrogens is 328 g/mol. The van der Waals surface area contributed by atoms with Crippen molar-refractivity contribution in [3.63, 3.8) is 0 Å². The van der Waals surface area contributed by atoms with Crippen LogP contribution in [-0.2, 0) is 11.2 Å². The second kappa shape index (κ2) is 8.77. The first-order chi connectivity index (χ1) is 12.0. The molecule has 0 saturated heterocycles. The number of rotatable bonds is 6. The fourth-order valence-electron chi connectivity index (χ4n) is 2.33. The molecule has 132 valence electrons. The van der Waals surface area contributed by atoms with E-state index in [0.717, 1.165) is 0 Å². The van der Waals surface area contributed by atoms with E-state index >= 15 is 0 Å². The predicted octanol–water partition coefficient (Wildman–Crippen LogP) is 2.29. The van der Waals surface area contributed by atoms with Gasteiger partial charge in [0.15, 0.2) is 0 Å². The molecule has 2 rings (SSSR count). The van der Waals surface area contributed by atoms with E-state index in [-0.39, 0.29) is 24.7 Å². The zero-order valence-electron chi connectivity index (χ0n) is 13.7. The van der Waals surface area contributed by atoms with Crippen molar-refractivity contribution in [3.8, 4) is 0 Å². The molecule has 0 saturated carbocycles. The molecule has 0 aliphatic heterocycles. The SMILES string of the molecule is CNC(=O)CNC(=O)N[C@H](Cc1cccc(F)c1)c1cccc(F)c1. The number of halogens is 2. The van der Waals surface area contributed by atoms with Gasteiger partial charge in [0, 0.05) is 7.05 Å². The second-order valence-electron chi connectivity index (χ2n) is 5.44. The first kappa shape index (κ1) is 18.4. The Hall–Kier alpha value is -2.96. The third kappa shape index (κ3) is 5.87. The molecule has 2 aromatic carbocycles. The summed E-state index contributed by atoms with van der Waals surface area (Å²) in [5.41, 5.74) is 1.19. The van der Waals surface area contributed by atoms with Crippen molar-refractivity contribution >= 4 is 11.9 Å². The number of carbonyl (C=O) groups excluding carboxylic acids is 2. The number of hydrogen-bond donors (Lipinski definition) is 3. The average molecular weight is 347 g/mol. The van der Waals surface area contributed by atoms with Gasteiger partial charge in [0.1, 0.15) is 11.6 Å². The molecule has 0 radical (unpaired) electrons. The Morgan fingerprint density at radius 1 is 1.04 bits per heavy atom. The Bertz CT molecular complexity index is 753. The van der Waals surface area contributed by atoms with Crippen LogP contribution in [0.4, 0.5) is 13.6 Å². The van der Waals surface area contributed by atoms with Crippen LogP contribution in [0.1, 0.15) is 17.2 Å². The minimum Gasteiger partial charge on any atom is -0.358 e. The van der Waals surface area contributed by atoms with Gasteiger partial charge < -0.3 is 16.0 Å². The number of hydrogen-bond acceptors (Lipinski definition) is 2. The minimum absolute atomic E-state index is 0.182. The van der Waals surface area contributed by atoms with Gasteiger partial charge in [-0.05, 0) is 41.8 Å². The van der Waals surface area contributed by atoms with E-state index in [4.69, 9.17) is 0 Å². The number of urea groups is 1. The standard InChI is InChI=1S/C18H19F2N3O2/c1-21-17(24)11-22-18(25)23-16(13-5-3-7-15(20)10-13)9-12-4-2-6-14(19)8-12/h2-8,10,16H,9,11H2,1H3,(H,21,24)(H2,22,23,25)/t16-/m1/s1. The van der Waals surface area contributed by atoms with E-state index < -0.39 is 17.9 Å². The molecule has 0 aliphatic carbocycles. The maximum Gasteiger partial charge on any atom is 0.315 e. The molecule has 2 aromatic rings. The van der Waals surface area contributed by atoms with Crippen LogP contribution >= 0.6 is 0 Å². The van der Waals surface area contributed by atoms with E-state index in [9.17, 15) is 18.4 Å². The Labute approximate surface area is 144 Å². The predicted molar refractivity (Wildman–Crippen MR) is 89.8 cm³/mol. The van der Waals surface area contributed by atoms with Crippen molar-refractivity contribution in [2.75, 3.05) is 13.6 Å². The maximum atomic E-state index is 13.5. The topological polar surface area (TPSA) is 70.2 Å². The van der Waals surface area contributed by atoms with Crippen LogP contribution in [0.3, 0.4) is 0 Å². The van der Waals surface area contributed by atoms with Gasteiger partial charge in [0.2, 0.25) is 5.91 Å². The van der Waals surface area contributed by atoms with Crippen LogP contribution in [0.25, 0.3) is 0 Å². The fraction of sp³-hybridized carbons (Fsp3) is 0.222. The van der Waals surface area contributed by atoms with Gasteiger partial charge in [-0.15, -0.1) is 0 Å². The van der Waals surface area contributed by atoms with E-state index in [1.165, 1.54) is 37.4 Å². The smallest absolute Gasteiger partial charge is 0.315 e. The largest absolute Gasteiger partial charge is 0.358 e. The monoisotopic (exact) mass is 347 g/mol. The number of carbonyl (C=O) groups is 2. The van der Waals surface area contributed by atoms with E-state index in [0.29, 0.717) is 11.1 Å². The maximum absolute atomic E-state index is 13.5. The molecule has 0 unspecified atom stereocenters. The summed E-state index contributed by atoms with van der Waals surface area (Å²) in [7, 11) is 1.46. The number of nitrogens with one attached hydrogen (secondary N) is 3. The highest BCUT2D eigenvalue weighted by Gasteiger charge is 2.16.